The van der Waals surface area contributed by atoms with Gasteiger partial charge in [-0.3, -0.25) is 4.79 Å². The van der Waals surface area contributed by atoms with Crippen molar-refractivity contribution < 1.29 is 13.2 Å². The van der Waals surface area contributed by atoms with E-state index in [1.807, 2.05) is 37.3 Å². The molecule has 1 fully saturated rings. The van der Waals surface area contributed by atoms with Crippen LogP contribution in [0.5, 0.6) is 0 Å². The van der Waals surface area contributed by atoms with Crippen LogP contribution in [0.2, 0.25) is 0 Å². The van der Waals surface area contributed by atoms with Crippen molar-refractivity contribution in [1.82, 2.24) is 9.19 Å². The van der Waals surface area contributed by atoms with E-state index in [-0.39, 0.29) is 17.6 Å². The van der Waals surface area contributed by atoms with E-state index in [0.717, 1.165) is 27.9 Å². The average molecular weight is 383 g/mol. The van der Waals surface area contributed by atoms with E-state index in [1.165, 1.54) is 0 Å². The van der Waals surface area contributed by atoms with Crippen LogP contribution in [0.1, 0.15) is 36.6 Å². The lowest BCUT2D eigenvalue weighted by Gasteiger charge is -2.50. The van der Waals surface area contributed by atoms with Gasteiger partial charge in [0.15, 0.2) is 5.78 Å². The predicted octanol–water partition coefficient (Wildman–Crippen LogP) is 2.29. The van der Waals surface area contributed by atoms with E-state index in [4.69, 9.17) is 0 Å². The van der Waals surface area contributed by atoms with Crippen molar-refractivity contribution in [2.24, 2.45) is 17.8 Å². The number of nitriles is 1. The molecule has 140 valence electrons. The number of nitrogens with zero attached hydrogens (tertiary/aromatic N) is 3. The standard InChI is InChI=1S/C20H21N3O3S/c1-13-17-9-8-14-12-23(27(2,25)26)22-19(14)20(17,10-15(11-21)18(13)24)16-6-4-3-5-7-16/h3-7,12-13,15,17H,8-10H2,1-2H3/t13-,15?,17?,20-/m0/s1. The van der Waals surface area contributed by atoms with E-state index >= 15 is 0 Å². The maximum atomic E-state index is 12.7. The first-order chi connectivity index (χ1) is 12.8. The molecule has 27 heavy (non-hydrogen) atoms. The second-order valence-electron chi connectivity index (χ2n) is 7.70. The second kappa shape index (κ2) is 6.03. The van der Waals surface area contributed by atoms with Gasteiger partial charge in [0.2, 0.25) is 0 Å². The summed E-state index contributed by atoms with van der Waals surface area (Å²) in [5.41, 5.74) is 1.96. The van der Waals surface area contributed by atoms with Crippen LogP contribution in [-0.2, 0) is 26.7 Å². The number of hydrogen-bond acceptors (Lipinski definition) is 5. The van der Waals surface area contributed by atoms with Gasteiger partial charge in [0, 0.05) is 17.5 Å². The van der Waals surface area contributed by atoms with Gasteiger partial charge in [-0.1, -0.05) is 37.3 Å². The molecule has 4 rings (SSSR count). The summed E-state index contributed by atoms with van der Waals surface area (Å²) in [6.45, 7) is 1.90. The van der Waals surface area contributed by atoms with Gasteiger partial charge in [-0.25, -0.2) is 8.42 Å². The van der Waals surface area contributed by atoms with Gasteiger partial charge in [0.1, 0.15) is 5.92 Å². The van der Waals surface area contributed by atoms with Crippen molar-refractivity contribution in [1.29, 1.82) is 5.26 Å². The molecule has 0 saturated heterocycles. The average Bonchev–Trinajstić information content (AvgIpc) is 3.10. The molecule has 0 spiro atoms. The zero-order valence-electron chi connectivity index (χ0n) is 15.3. The van der Waals surface area contributed by atoms with Crippen LogP contribution < -0.4 is 0 Å². The molecule has 1 heterocycles. The Kier molecular flexibility index (Phi) is 4.00. The minimum absolute atomic E-state index is 0.00703. The summed E-state index contributed by atoms with van der Waals surface area (Å²) < 4.78 is 25.2. The largest absolute Gasteiger partial charge is 0.298 e. The van der Waals surface area contributed by atoms with Crippen LogP contribution in [0.3, 0.4) is 0 Å². The van der Waals surface area contributed by atoms with Crippen LogP contribution in [0, 0.1) is 29.1 Å². The number of aromatic nitrogens is 2. The summed E-state index contributed by atoms with van der Waals surface area (Å²) in [7, 11) is -3.51. The molecule has 1 aromatic carbocycles. The number of carbonyl (C=O) groups is 1. The first-order valence-corrected chi connectivity index (χ1v) is 10.9. The van der Waals surface area contributed by atoms with Crippen molar-refractivity contribution >= 4 is 15.8 Å². The number of Topliss-reactive ketones (excluding diaryl/α,β-unsaturated/α-hetero) is 1. The third-order valence-electron chi connectivity index (χ3n) is 6.26. The summed E-state index contributed by atoms with van der Waals surface area (Å²) in [6.07, 6.45) is 4.51. The normalized spacial score (nSPS) is 30.3. The smallest absolute Gasteiger partial charge is 0.250 e. The maximum absolute atomic E-state index is 12.7. The highest BCUT2D eigenvalue weighted by atomic mass is 32.2. The van der Waals surface area contributed by atoms with E-state index in [0.29, 0.717) is 18.5 Å². The van der Waals surface area contributed by atoms with Gasteiger partial charge >= 0.3 is 0 Å². The topological polar surface area (TPSA) is 92.8 Å². The highest BCUT2D eigenvalue weighted by Gasteiger charge is 2.56. The number of fused-ring (bicyclic) bond motifs is 3. The van der Waals surface area contributed by atoms with Crippen LogP contribution in [-0.4, -0.2) is 29.6 Å². The molecule has 0 aliphatic heterocycles. The monoisotopic (exact) mass is 383 g/mol. The van der Waals surface area contributed by atoms with Gasteiger partial charge in [-0.2, -0.15) is 14.4 Å². The third-order valence-corrected chi connectivity index (χ3v) is 7.12. The predicted molar refractivity (Wildman–Crippen MR) is 99.4 cm³/mol. The fraction of sp³-hybridized carbons (Fsp3) is 0.450. The molecule has 0 bridgehead atoms. The van der Waals surface area contributed by atoms with Crippen molar-refractivity contribution in [3.05, 3.63) is 53.3 Å². The molecule has 2 aromatic rings. The van der Waals surface area contributed by atoms with Crippen molar-refractivity contribution in [2.75, 3.05) is 6.26 Å². The lowest BCUT2D eigenvalue weighted by atomic mass is 9.51. The molecule has 2 unspecified atom stereocenters. The number of rotatable bonds is 2. The van der Waals surface area contributed by atoms with E-state index in [1.54, 1.807) is 6.20 Å². The van der Waals surface area contributed by atoms with Crippen molar-refractivity contribution in [3.63, 3.8) is 0 Å². The highest BCUT2D eigenvalue weighted by molar-refractivity contribution is 7.89. The third kappa shape index (κ3) is 2.54. The van der Waals surface area contributed by atoms with Crippen molar-refractivity contribution in [3.8, 4) is 6.07 Å². The Morgan fingerprint density at radius 1 is 1.30 bits per heavy atom. The fourth-order valence-corrected chi connectivity index (χ4v) is 5.57. The van der Waals surface area contributed by atoms with Gasteiger partial charge in [-0.15, -0.1) is 0 Å². The Morgan fingerprint density at radius 2 is 2.00 bits per heavy atom. The van der Waals surface area contributed by atoms with Gasteiger partial charge in [0.05, 0.1) is 18.0 Å². The first kappa shape index (κ1) is 17.9. The lowest BCUT2D eigenvalue weighted by Crippen LogP contribution is -2.52. The number of benzene rings is 1. The number of hydrogen-bond donors (Lipinski definition) is 0. The van der Waals surface area contributed by atoms with E-state index in [2.05, 4.69) is 11.2 Å². The molecular formula is C20H21N3O3S. The highest BCUT2D eigenvalue weighted by Crippen LogP contribution is 2.55. The zero-order valence-corrected chi connectivity index (χ0v) is 16.1. The summed E-state index contributed by atoms with van der Waals surface area (Å²) in [5, 5.41) is 14.1. The van der Waals surface area contributed by atoms with Gasteiger partial charge in [0.25, 0.3) is 10.0 Å². The molecule has 4 atom stereocenters. The number of ketones is 1. The van der Waals surface area contributed by atoms with Crippen LogP contribution in [0.15, 0.2) is 36.5 Å². The lowest BCUT2D eigenvalue weighted by molar-refractivity contribution is -0.131. The molecule has 6 nitrogen and oxygen atoms in total. The first-order valence-electron chi connectivity index (χ1n) is 9.07. The quantitative estimate of drug-likeness (QED) is 0.793. The van der Waals surface area contributed by atoms with Gasteiger partial charge in [-0.05, 0) is 36.3 Å². The maximum Gasteiger partial charge on any atom is 0.250 e. The summed E-state index contributed by atoms with van der Waals surface area (Å²) >= 11 is 0. The Hall–Kier alpha value is -2.46. The Morgan fingerprint density at radius 3 is 2.63 bits per heavy atom. The molecular weight excluding hydrogens is 362 g/mol. The van der Waals surface area contributed by atoms with Crippen molar-refractivity contribution in [2.45, 2.75) is 31.6 Å². The van der Waals surface area contributed by atoms with E-state index in [9.17, 15) is 18.5 Å². The SMILES string of the molecule is C[C@@H]1C(=O)C(C#N)C[C@@]2(c3ccccc3)c3nn(S(C)(=O)=O)cc3CCC12. The molecule has 0 radical (unpaired) electrons. The molecule has 2 aliphatic rings. The van der Waals surface area contributed by atoms with Crippen LogP contribution in [0.4, 0.5) is 0 Å². The Labute approximate surface area is 158 Å². The minimum atomic E-state index is -3.51. The van der Waals surface area contributed by atoms with E-state index < -0.39 is 21.4 Å². The molecule has 1 saturated carbocycles. The molecule has 0 N–H and O–H groups in total. The minimum Gasteiger partial charge on any atom is -0.298 e. The molecule has 7 heteroatoms. The number of carbonyl (C=O) groups excluding carboxylic acids is 1. The second-order valence-corrected chi connectivity index (χ2v) is 9.54. The molecule has 2 aliphatic carbocycles. The number of aryl methyl sites for hydroxylation is 1. The summed E-state index contributed by atoms with van der Waals surface area (Å²) in [5.74, 6) is -1.02. The van der Waals surface area contributed by atoms with Gasteiger partial charge < -0.3 is 0 Å². The summed E-state index contributed by atoms with van der Waals surface area (Å²) in [6, 6.07) is 12.0. The zero-order chi connectivity index (χ0) is 19.4. The summed E-state index contributed by atoms with van der Waals surface area (Å²) in [4.78, 5) is 12.7. The van der Waals surface area contributed by atoms with Crippen LogP contribution >= 0.6 is 0 Å². The fourth-order valence-electron chi connectivity index (χ4n) is 5.02. The Bertz CT molecular complexity index is 1050. The molecule has 1 aromatic heterocycles. The Balaban J connectivity index is 2.01. The van der Waals surface area contributed by atoms with Crippen LogP contribution in [0.25, 0.3) is 0 Å². The molecule has 0 amide bonds.